The van der Waals surface area contributed by atoms with Gasteiger partial charge in [-0.05, 0) is 42.8 Å². The first-order valence-corrected chi connectivity index (χ1v) is 10.7. The lowest BCUT2D eigenvalue weighted by atomic mass is 10.3. The molecular weight excluding hydrogens is 438 g/mol. The van der Waals surface area contributed by atoms with Crippen molar-refractivity contribution in [2.24, 2.45) is 0 Å². The van der Waals surface area contributed by atoms with E-state index in [0.717, 1.165) is 5.69 Å². The summed E-state index contributed by atoms with van der Waals surface area (Å²) in [5.41, 5.74) is 2.60. The average Bonchev–Trinajstić information content (AvgIpc) is 3.23. The van der Waals surface area contributed by atoms with Gasteiger partial charge in [0, 0.05) is 29.9 Å². The second-order valence-corrected chi connectivity index (χ2v) is 7.35. The number of aliphatic carboxylic acids is 1. The van der Waals surface area contributed by atoms with Crippen molar-refractivity contribution in [1.82, 2.24) is 4.98 Å². The monoisotopic (exact) mass is 461 g/mol. The maximum atomic E-state index is 12.3. The second-order valence-electron chi connectivity index (χ2n) is 7.35. The molecule has 3 aromatic carbocycles. The van der Waals surface area contributed by atoms with Gasteiger partial charge in [-0.1, -0.05) is 24.3 Å². The first-order chi connectivity index (χ1) is 16.5. The van der Waals surface area contributed by atoms with Crippen molar-refractivity contribution in [1.29, 1.82) is 0 Å². The van der Waals surface area contributed by atoms with Crippen LogP contribution in [-0.2, 0) is 9.59 Å². The number of carboxylic acid groups (broad SMARTS) is 1. The quantitative estimate of drug-likeness (QED) is 0.271. The highest BCUT2D eigenvalue weighted by molar-refractivity contribution is 5.92. The van der Waals surface area contributed by atoms with Crippen LogP contribution in [0.25, 0.3) is 11.1 Å². The van der Waals surface area contributed by atoms with Gasteiger partial charge in [0.2, 0.25) is 0 Å². The number of para-hydroxylation sites is 1. The Morgan fingerprint density at radius 1 is 0.912 bits per heavy atom. The largest absolute Gasteiger partial charge is 0.494 e. The number of oxazole rings is 1. The van der Waals surface area contributed by atoms with Crippen LogP contribution < -0.4 is 20.1 Å². The number of benzene rings is 3. The smallest absolute Gasteiger partial charge is 0.303 e. The Morgan fingerprint density at radius 2 is 1.71 bits per heavy atom. The van der Waals surface area contributed by atoms with Crippen molar-refractivity contribution in [3.05, 3.63) is 72.8 Å². The maximum absolute atomic E-state index is 12.3. The summed E-state index contributed by atoms with van der Waals surface area (Å²) in [6, 6.07) is 21.9. The molecule has 1 aromatic heterocycles. The summed E-state index contributed by atoms with van der Waals surface area (Å²) in [6.45, 7) is 0.0813. The summed E-state index contributed by atoms with van der Waals surface area (Å²) in [6.07, 6.45) is 0.442. The Bertz CT molecular complexity index is 1270. The molecule has 0 saturated heterocycles. The Labute approximate surface area is 195 Å². The number of hydrogen-bond donors (Lipinski definition) is 3. The zero-order valence-corrected chi connectivity index (χ0v) is 18.2. The van der Waals surface area contributed by atoms with E-state index >= 15 is 0 Å². The lowest BCUT2D eigenvalue weighted by molar-refractivity contribution is -0.137. The third kappa shape index (κ3) is 6.49. The van der Waals surface area contributed by atoms with Crippen molar-refractivity contribution in [3.8, 4) is 11.5 Å². The third-order valence-corrected chi connectivity index (χ3v) is 4.68. The number of ether oxygens (including phenoxy) is 2. The highest BCUT2D eigenvalue weighted by Crippen LogP contribution is 2.26. The van der Waals surface area contributed by atoms with Gasteiger partial charge in [0.25, 0.3) is 11.9 Å². The van der Waals surface area contributed by atoms with E-state index in [9.17, 15) is 9.59 Å². The summed E-state index contributed by atoms with van der Waals surface area (Å²) in [4.78, 5) is 27.3. The number of rotatable bonds is 11. The molecule has 0 radical (unpaired) electrons. The van der Waals surface area contributed by atoms with Crippen molar-refractivity contribution >= 4 is 40.4 Å². The van der Waals surface area contributed by atoms with Gasteiger partial charge in [-0.15, -0.1) is 0 Å². The van der Waals surface area contributed by atoms with Crippen LogP contribution in [0.15, 0.2) is 77.2 Å². The number of aromatic nitrogens is 1. The van der Waals surface area contributed by atoms with Crippen LogP contribution in [0.5, 0.6) is 11.5 Å². The molecule has 0 atom stereocenters. The van der Waals surface area contributed by atoms with E-state index < -0.39 is 5.97 Å². The number of hydrogen-bond acceptors (Lipinski definition) is 7. The van der Waals surface area contributed by atoms with Crippen LogP contribution in [0.2, 0.25) is 0 Å². The highest BCUT2D eigenvalue weighted by atomic mass is 16.5. The van der Waals surface area contributed by atoms with E-state index in [1.165, 1.54) is 0 Å². The maximum Gasteiger partial charge on any atom is 0.303 e. The predicted molar refractivity (Wildman–Crippen MR) is 127 cm³/mol. The van der Waals surface area contributed by atoms with Crippen molar-refractivity contribution in [2.75, 3.05) is 23.8 Å². The number of fused-ring (bicyclic) bond motifs is 1. The number of carboxylic acids is 1. The van der Waals surface area contributed by atoms with Crippen LogP contribution in [0.4, 0.5) is 17.4 Å². The molecule has 0 aliphatic carbocycles. The number of nitrogens with one attached hydrogen (secondary N) is 2. The van der Waals surface area contributed by atoms with Crippen LogP contribution in [0.1, 0.15) is 12.8 Å². The molecule has 0 bridgehead atoms. The first kappa shape index (κ1) is 22.7. The van der Waals surface area contributed by atoms with Crippen LogP contribution in [0, 0.1) is 0 Å². The molecule has 4 aromatic rings. The second kappa shape index (κ2) is 10.9. The Hall–Kier alpha value is -4.53. The lowest BCUT2D eigenvalue weighted by Gasteiger charge is -2.10. The van der Waals surface area contributed by atoms with Gasteiger partial charge in [0.05, 0.1) is 6.61 Å². The molecule has 4 rings (SSSR count). The van der Waals surface area contributed by atoms with Gasteiger partial charge in [-0.3, -0.25) is 9.59 Å². The van der Waals surface area contributed by atoms with Gasteiger partial charge in [0.1, 0.15) is 17.0 Å². The summed E-state index contributed by atoms with van der Waals surface area (Å²) < 4.78 is 16.9. The van der Waals surface area contributed by atoms with Gasteiger partial charge < -0.3 is 29.6 Å². The third-order valence-electron chi connectivity index (χ3n) is 4.68. The van der Waals surface area contributed by atoms with Crippen molar-refractivity contribution < 1.29 is 28.6 Å². The summed E-state index contributed by atoms with van der Waals surface area (Å²) in [7, 11) is 0. The van der Waals surface area contributed by atoms with Gasteiger partial charge in [-0.2, -0.15) is 4.98 Å². The number of carbonyl (C=O) groups excluding carboxylic acids is 1. The van der Waals surface area contributed by atoms with E-state index in [0.29, 0.717) is 40.7 Å². The molecule has 3 N–H and O–H groups in total. The normalized spacial score (nSPS) is 10.6. The van der Waals surface area contributed by atoms with E-state index in [1.54, 1.807) is 42.5 Å². The summed E-state index contributed by atoms with van der Waals surface area (Å²) in [5.74, 6) is -0.191. The molecule has 0 aliphatic heterocycles. The molecule has 0 saturated carbocycles. The van der Waals surface area contributed by atoms with E-state index in [4.69, 9.17) is 19.0 Å². The lowest BCUT2D eigenvalue weighted by Crippen LogP contribution is -2.20. The number of nitrogens with zero attached hydrogens (tertiary/aromatic N) is 1. The Kier molecular flexibility index (Phi) is 7.24. The van der Waals surface area contributed by atoms with Crippen LogP contribution in [0.3, 0.4) is 0 Å². The van der Waals surface area contributed by atoms with Crippen LogP contribution >= 0.6 is 0 Å². The van der Waals surface area contributed by atoms with Gasteiger partial charge >= 0.3 is 5.97 Å². The fourth-order valence-corrected chi connectivity index (χ4v) is 3.12. The van der Waals surface area contributed by atoms with E-state index in [2.05, 4.69) is 15.6 Å². The molecule has 1 amide bonds. The number of anilines is 3. The summed E-state index contributed by atoms with van der Waals surface area (Å²) >= 11 is 0. The van der Waals surface area contributed by atoms with Crippen molar-refractivity contribution in [2.45, 2.75) is 12.8 Å². The Balaban J connectivity index is 1.29. The van der Waals surface area contributed by atoms with Crippen molar-refractivity contribution in [3.63, 3.8) is 0 Å². The molecule has 9 heteroatoms. The number of amides is 1. The zero-order chi connectivity index (χ0) is 23.8. The highest BCUT2D eigenvalue weighted by Gasteiger charge is 2.10. The SMILES string of the molecule is O=C(O)CCCOc1cccc(NC(=O)COc2ccc3nc(Nc4ccccc4)oc3c2)c1. The fraction of sp³-hybridized carbons (Fsp3) is 0.160. The molecule has 0 spiro atoms. The first-order valence-electron chi connectivity index (χ1n) is 10.7. The summed E-state index contributed by atoms with van der Waals surface area (Å²) in [5, 5.41) is 14.5. The molecule has 34 heavy (non-hydrogen) atoms. The van der Waals surface area contributed by atoms with E-state index in [-0.39, 0.29) is 25.5 Å². The molecule has 0 aliphatic rings. The van der Waals surface area contributed by atoms with Gasteiger partial charge in [-0.25, -0.2) is 0 Å². The minimum atomic E-state index is -0.864. The number of carbonyl (C=O) groups is 2. The molecule has 0 fully saturated rings. The minimum absolute atomic E-state index is 0.0402. The predicted octanol–water partition coefficient (Wildman–Crippen LogP) is 4.83. The molecular formula is C25H23N3O6. The topological polar surface area (TPSA) is 123 Å². The van der Waals surface area contributed by atoms with Gasteiger partial charge in [0.15, 0.2) is 12.2 Å². The molecule has 174 valence electrons. The molecule has 1 heterocycles. The zero-order valence-electron chi connectivity index (χ0n) is 18.2. The van der Waals surface area contributed by atoms with E-state index in [1.807, 2.05) is 30.3 Å². The molecule has 0 unspecified atom stereocenters. The average molecular weight is 461 g/mol. The standard InChI is InChI=1S/C25H23N3O6/c29-23(26-18-8-4-9-19(14-18)32-13-5-10-24(30)31)16-33-20-11-12-21-22(15-20)34-25(28-21)27-17-6-2-1-3-7-17/h1-4,6-9,11-12,14-15H,5,10,13,16H2,(H,26,29)(H,27,28)(H,30,31). The van der Waals surface area contributed by atoms with Crippen LogP contribution in [-0.4, -0.2) is 35.2 Å². The molecule has 9 nitrogen and oxygen atoms in total. The fourth-order valence-electron chi connectivity index (χ4n) is 3.12. The Morgan fingerprint density at radius 3 is 2.53 bits per heavy atom. The minimum Gasteiger partial charge on any atom is -0.494 e.